The Morgan fingerprint density at radius 2 is 1.88 bits per heavy atom. The average Bonchev–Trinajstić information content (AvgIpc) is 2.21. The molecular formula is C10H11BrO3S2. The van der Waals surface area contributed by atoms with Crippen LogP contribution in [0.3, 0.4) is 0 Å². The largest absolute Gasteiger partial charge is 0.286 e. The molecule has 0 amide bonds. The molecule has 0 saturated heterocycles. The molecule has 0 aliphatic heterocycles. The third-order valence-corrected chi connectivity index (χ3v) is 5.00. The average molecular weight is 323 g/mol. The van der Waals surface area contributed by atoms with Crippen LogP contribution < -0.4 is 0 Å². The molecule has 0 heterocycles. The molecule has 0 atom stereocenters. The Labute approximate surface area is 108 Å². The highest BCUT2D eigenvalue weighted by molar-refractivity contribution is 9.10. The molecule has 6 heteroatoms. The summed E-state index contributed by atoms with van der Waals surface area (Å²) < 4.78 is 23.3. The molecule has 1 aromatic rings. The van der Waals surface area contributed by atoms with Crippen molar-refractivity contribution >= 4 is 42.6 Å². The highest BCUT2D eigenvalue weighted by atomic mass is 79.9. The molecule has 0 aromatic heterocycles. The smallest absolute Gasteiger partial charge is 0.208 e. The van der Waals surface area contributed by atoms with Gasteiger partial charge in [0, 0.05) is 15.1 Å². The lowest BCUT2D eigenvalue weighted by Crippen LogP contribution is -2.14. The summed E-state index contributed by atoms with van der Waals surface area (Å²) in [7, 11) is -3.23. The molecule has 1 aromatic carbocycles. The summed E-state index contributed by atoms with van der Waals surface area (Å²) >= 11 is 4.24. The van der Waals surface area contributed by atoms with E-state index in [2.05, 4.69) is 15.9 Å². The number of hydrogen-bond acceptors (Lipinski definition) is 4. The van der Waals surface area contributed by atoms with Crippen molar-refractivity contribution in [2.75, 3.05) is 11.5 Å². The van der Waals surface area contributed by atoms with Crippen LogP contribution in [0.1, 0.15) is 6.92 Å². The highest BCUT2D eigenvalue weighted by Gasteiger charge is 2.15. The maximum absolute atomic E-state index is 11.4. The van der Waals surface area contributed by atoms with E-state index in [0.29, 0.717) is 0 Å². The summed E-state index contributed by atoms with van der Waals surface area (Å²) in [6, 6.07) is 7.16. The Hall–Kier alpha value is -0.330. The lowest BCUT2D eigenvalue weighted by molar-refractivity contribution is -0.108. The van der Waals surface area contributed by atoms with Gasteiger partial charge in [0.25, 0.3) is 0 Å². The van der Waals surface area contributed by atoms with E-state index in [-0.39, 0.29) is 10.9 Å². The number of carbonyl (C=O) groups excluding carboxylic acids is 1. The minimum atomic E-state index is -3.23. The minimum absolute atomic E-state index is 0.000359. The van der Waals surface area contributed by atoms with Gasteiger partial charge in [0.1, 0.15) is 5.75 Å². The van der Waals surface area contributed by atoms with Crippen molar-refractivity contribution < 1.29 is 13.2 Å². The van der Waals surface area contributed by atoms with Crippen LogP contribution in [0.2, 0.25) is 0 Å². The molecule has 1 rings (SSSR count). The first-order chi connectivity index (χ1) is 7.43. The monoisotopic (exact) mass is 322 g/mol. The van der Waals surface area contributed by atoms with Crippen LogP contribution in [-0.2, 0) is 14.6 Å². The summed E-state index contributed by atoms with van der Waals surface area (Å²) in [6.07, 6.45) is 0. The summed E-state index contributed by atoms with van der Waals surface area (Å²) in [5, 5.41) is -0.343. The van der Waals surface area contributed by atoms with E-state index in [1.165, 1.54) is 6.92 Å². The Balaban J connectivity index is 2.62. The highest BCUT2D eigenvalue weighted by Crippen LogP contribution is 2.21. The van der Waals surface area contributed by atoms with Crippen LogP contribution in [0.15, 0.2) is 33.6 Å². The second-order valence-electron chi connectivity index (χ2n) is 3.10. The van der Waals surface area contributed by atoms with Crippen molar-refractivity contribution in [1.82, 2.24) is 0 Å². The summed E-state index contributed by atoms with van der Waals surface area (Å²) in [6.45, 7) is 1.53. The number of rotatable bonds is 4. The normalized spacial score (nSPS) is 11.4. The third kappa shape index (κ3) is 4.67. The molecule has 0 aliphatic carbocycles. The van der Waals surface area contributed by atoms with Gasteiger partial charge < -0.3 is 0 Å². The fourth-order valence-corrected chi connectivity index (χ4v) is 3.08. The van der Waals surface area contributed by atoms with Gasteiger partial charge in [0.15, 0.2) is 9.84 Å². The van der Waals surface area contributed by atoms with Gasteiger partial charge in [0.2, 0.25) is 5.12 Å². The molecule has 0 N–H and O–H groups in total. The quantitative estimate of drug-likeness (QED) is 0.799. The second kappa shape index (κ2) is 5.84. The van der Waals surface area contributed by atoms with Crippen LogP contribution in [0.4, 0.5) is 0 Å². The predicted molar refractivity (Wildman–Crippen MR) is 69.3 cm³/mol. The van der Waals surface area contributed by atoms with Crippen molar-refractivity contribution in [3.8, 4) is 0 Å². The van der Waals surface area contributed by atoms with Crippen LogP contribution in [0.5, 0.6) is 0 Å². The Morgan fingerprint density at radius 3 is 2.38 bits per heavy atom. The van der Waals surface area contributed by atoms with E-state index in [1.54, 1.807) is 12.1 Å². The molecule has 0 spiro atoms. The molecule has 88 valence electrons. The van der Waals surface area contributed by atoms with Gasteiger partial charge in [-0.05, 0) is 24.3 Å². The van der Waals surface area contributed by atoms with Gasteiger partial charge in [-0.15, -0.1) is 0 Å². The lowest BCUT2D eigenvalue weighted by Gasteiger charge is -2.01. The second-order valence-corrected chi connectivity index (χ2v) is 7.50. The first-order valence-corrected chi connectivity index (χ1v) is 8.02. The third-order valence-electron chi connectivity index (χ3n) is 1.82. The molecule has 0 bridgehead atoms. The van der Waals surface area contributed by atoms with E-state index in [1.807, 2.05) is 12.1 Å². The molecular weight excluding hydrogens is 312 g/mol. The number of hydrogen-bond donors (Lipinski definition) is 0. The fourth-order valence-electron chi connectivity index (χ4n) is 0.945. The standard InChI is InChI=1S/C10H11BrO3S2/c1-2-16(13,14)7-10(12)15-9-5-3-8(11)4-6-9/h3-6H,2,7H2,1H3. The van der Waals surface area contributed by atoms with Crippen LogP contribution in [-0.4, -0.2) is 25.0 Å². The zero-order chi connectivity index (χ0) is 12.2. The van der Waals surface area contributed by atoms with E-state index < -0.39 is 15.6 Å². The van der Waals surface area contributed by atoms with Crippen LogP contribution in [0.25, 0.3) is 0 Å². The molecule has 3 nitrogen and oxygen atoms in total. The van der Waals surface area contributed by atoms with Gasteiger partial charge in [-0.3, -0.25) is 4.79 Å². The Bertz CT molecular complexity index is 465. The van der Waals surface area contributed by atoms with Crippen molar-refractivity contribution in [2.45, 2.75) is 11.8 Å². The van der Waals surface area contributed by atoms with Gasteiger partial charge in [0.05, 0.1) is 0 Å². The molecule has 0 radical (unpaired) electrons. The van der Waals surface area contributed by atoms with E-state index in [0.717, 1.165) is 21.1 Å². The molecule has 0 aliphatic rings. The molecule has 0 unspecified atom stereocenters. The van der Waals surface area contributed by atoms with Gasteiger partial charge in [-0.1, -0.05) is 34.6 Å². The summed E-state index contributed by atoms with van der Waals surface area (Å²) in [5.41, 5.74) is 0. The first-order valence-electron chi connectivity index (χ1n) is 4.59. The van der Waals surface area contributed by atoms with E-state index in [4.69, 9.17) is 0 Å². The van der Waals surface area contributed by atoms with Crippen molar-refractivity contribution in [1.29, 1.82) is 0 Å². The molecule has 0 saturated carbocycles. The Morgan fingerprint density at radius 1 is 1.31 bits per heavy atom. The number of sulfone groups is 1. The van der Waals surface area contributed by atoms with Gasteiger partial charge >= 0.3 is 0 Å². The van der Waals surface area contributed by atoms with Gasteiger partial charge in [-0.2, -0.15) is 0 Å². The zero-order valence-corrected chi connectivity index (χ0v) is 11.9. The number of carbonyl (C=O) groups is 1. The van der Waals surface area contributed by atoms with Crippen molar-refractivity contribution in [2.24, 2.45) is 0 Å². The van der Waals surface area contributed by atoms with Crippen LogP contribution >= 0.6 is 27.7 Å². The topological polar surface area (TPSA) is 51.2 Å². The van der Waals surface area contributed by atoms with Crippen LogP contribution in [0, 0.1) is 0 Å². The van der Waals surface area contributed by atoms with Gasteiger partial charge in [-0.25, -0.2) is 8.42 Å². The summed E-state index contributed by atoms with van der Waals surface area (Å²) in [5.74, 6) is -0.399. The molecule has 0 fully saturated rings. The van der Waals surface area contributed by atoms with Crippen molar-refractivity contribution in [3.05, 3.63) is 28.7 Å². The SMILES string of the molecule is CCS(=O)(=O)CC(=O)Sc1ccc(Br)cc1. The van der Waals surface area contributed by atoms with E-state index in [9.17, 15) is 13.2 Å². The summed E-state index contributed by atoms with van der Waals surface area (Å²) in [4.78, 5) is 12.2. The lowest BCUT2D eigenvalue weighted by atomic mass is 10.4. The maximum Gasteiger partial charge on any atom is 0.208 e. The van der Waals surface area contributed by atoms with E-state index >= 15 is 0 Å². The van der Waals surface area contributed by atoms with Crippen molar-refractivity contribution in [3.63, 3.8) is 0 Å². The maximum atomic E-state index is 11.4. The predicted octanol–water partition coefficient (Wildman–Crippen LogP) is 2.50. The Kier molecular flexibility index (Phi) is 5.01. The molecule has 16 heavy (non-hydrogen) atoms. The zero-order valence-electron chi connectivity index (χ0n) is 8.64. The number of halogens is 1. The fraction of sp³-hybridized carbons (Fsp3) is 0.300. The number of benzene rings is 1. The number of thioether (sulfide) groups is 1. The minimum Gasteiger partial charge on any atom is -0.286 e. The first kappa shape index (κ1) is 13.7.